The molecule has 1 heterocycles. The summed E-state index contributed by atoms with van der Waals surface area (Å²) in [7, 11) is 1.76. The van der Waals surface area contributed by atoms with Crippen LogP contribution in [0.15, 0.2) is 0 Å². The van der Waals surface area contributed by atoms with Gasteiger partial charge in [0.1, 0.15) is 0 Å². The Morgan fingerprint density at radius 3 is 2.59 bits per heavy atom. The van der Waals surface area contributed by atoms with Gasteiger partial charge in [-0.2, -0.15) is 0 Å². The number of carboxylic acids is 1. The standard InChI is InChI=1S/C13H23NO3/c1-17-9-12-3-2-8-14(12)11-6-4-10(5-7-11)13(15)16/h10-12H,2-9H2,1H3,(H,15,16)/t10?,11?,12-/m1/s1. The van der Waals surface area contributed by atoms with Gasteiger partial charge < -0.3 is 9.84 Å². The topological polar surface area (TPSA) is 49.8 Å². The monoisotopic (exact) mass is 241 g/mol. The summed E-state index contributed by atoms with van der Waals surface area (Å²) in [4.78, 5) is 13.5. The molecule has 4 nitrogen and oxygen atoms in total. The second-order valence-corrected chi connectivity index (χ2v) is 5.33. The number of hydrogen-bond donors (Lipinski definition) is 1. The van der Waals surface area contributed by atoms with Crippen molar-refractivity contribution in [1.82, 2.24) is 4.90 Å². The lowest BCUT2D eigenvalue weighted by Crippen LogP contribution is -2.43. The Labute approximate surface area is 103 Å². The molecule has 1 aliphatic carbocycles. The maximum atomic E-state index is 10.9. The molecule has 1 N–H and O–H groups in total. The molecule has 2 aliphatic rings. The Hall–Kier alpha value is -0.610. The molecular formula is C13H23NO3. The third-order valence-electron chi connectivity index (χ3n) is 4.30. The Morgan fingerprint density at radius 2 is 2.00 bits per heavy atom. The minimum Gasteiger partial charge on any atom is -0.481 e. The van der Waals surface area contributed by atoms with Crippen molar-refractivity contribution in [3.05, 3.63) is 0 Å². The highest BCUT2D eigenvalue weighted by molar-refractivity contribution is 5.70. The van der Waals surface area contributed by atoms with E-state index in [4.69, 9.17) is 9.84 Å². The van der Waals surface area contributed by atoms with Gasteiger partial charge in [-0.25, -0.2) is 0 Å². The fourth-order valence-electron chi connectivity index (χ4n) is 3.36. The fraction of sp³-hybridized carbons (Fsp3) is 0.923. The number of aliphatic carboxylic acids is 1. The summed E-state index contributed by atoms with van der Waals surface area (Å²) in [6.45, 7) is 1.98. The van der Waals surface area contributed by atoms with Crippen molar-refractivity contribution in [3.63, 3.8) is 0 Å². The van der Waals surface area contributed by atoms with E-state index < -0.39 is 5.97 Å². The van der Waals surface area contributed by atoms with Crippen LogP contribution in [0.5, 0.6) is 0 Å². The van der Waals surface area contributed by atoms with Gasteiger partial charge in [0.25, 0.3) is 0 Å². The van der Waals surface area contributed by atoms with Crippen LogP contribution >= 0.6 is 0 Å². The molecule has 0 unspecified atom stereocenters. The molecule has 17 heavy (non-hydrogen) atoms. The molecule has 0 aromatic carbocycles. The van der Waals surface area contributed by atoms with Crippen LogP contribution < -0.4 is 0 Å². The molecule has 0 amide bonds. The summed E-state index contributed by atoms with van der Waals surface area (Å²) >= 11 is 0. The molecule has 98 valence electrons. The number of rotatable bonds is 4. The second-order valence-electron chi connectivity index (χ2n) is 5.33. The molecule has 1 saturated heterocycles. The number of carbonyl (C=O) groups is 1. The Morgan fingerprint density at radius 1 is 1.29 bits per heavy atom. The van der Waals surface area contributed by atoms with E-state index in [2.05, 4.69) is 4.90 Å². The zero-order valence-electron chi connectivity index (χ0n) is 10.6. The van der Waals surface area contributed by atoms with Crippen LogP contribution in [0.4, 0.5) is 0 Å². The summed E-state index contributed by atoms with van der Waals surface area (Å²) in [6.07, 6.45) is 6.25. The van der Waals surface area contributed by atoms with E-state index in [1.807, 2.05) is 0 Å². The molecular weight excluding hydrogens is 218 g/mol. The molecule has 1 atom stereocenters. The predicted molar refractivity (Wildman–Crippen MR) is 65.0 cm³/mol. The van der Waals surface area contributed by atoms with Gasteiger partial charge in [0.05, 0.1) is 12.5 Å². The van der Waals surface area contributed by atoms with E-state index in [0.29, 0.717) is 12.1 Å². The number of likely N-dealkylation sites (tertiary alicyclic amines) is 1. The first-order valence-corrected chi connectivity index (χ1v) is 6.70. The number of methoxy groups -OCH3 is 1. The first-order valence-electron chi connectivity index (χ1n) is 6.70. The van der Waals surface area contributed by atoms with Gasteiger partial charge in [-0.15, -0.1) is 0 Å². The largest absolute Gasteiger partial charge is 0.481 e. The van der Waals surface area contributed by atoms with Crippen molar-refractivity contribution in [1.29, 1.82) is 0 Å². The lowest BCUT2D eigenvalue weighted by atomic mass is 9.85. The van der Waals surface area contributed by atoms with E-state index in [1.165, 1.54) is 12.8 Å². The van der Waals surface area contributed by atoms with Gasteiger partial charge in [0, 0.05) is 19.2 Å². The lowest BCUT2D eigenvalue weighted by Gasteiger charge is -2.36. The van der Waals surface area contributed by atoms with Crippen molar-refractivity contribution in [3.8, 4) is 0 Å². The van der Waals surface area contributed by atoms with Crippen molar-refractivity contribution in [2.75, 3.05) is 20.3 Å². The SMILES string of the molecule is COC[C@H]1CCCN1C1CCC(C(=O)O)CC1. The molecule has 0 spiro atoms. The normalized spacial score (nSPS) is 35.0. The lowest BCUT2D eigenvalue weighted by molar-refractivity contribution is -0.143. The molecule has 1 saturated carbocycles. The van der Waals surface area contributed by atoms with Crippen LogP contribution in [0.2, 0.25) is 0 Å². The van der Waals surface area contributed by atoms with Crippen LogP contribution in [-0.2, 0) is 9.53 Å². The maximum absolute atomic E-state index is 10.9. The van der Waals surface area contributed by atoms with E-state index in [0.717, 1.165) is 38.8 Å². The van der Waals surface area contributed by atoms with Gasteiger partial charge in [-0.05, 0) is 45.1 Å². The first kappa shape index (κ1) is 12.8. The van der Waals surface area contributed by atoms with Gasteiger partial charge in [0.15, 0.2) is 0 Å². The first-order chi connectivity index (χ1) is 8.22. The van der Waals surface area contributed by atoms with Crippen molar-refractivity contribution in [2.24, 2.45) is 5.92 Å². The molecule has 0 aromatic heterocycles. The number of nitrogens with zero attached hydrogens (tertiary/aromatic N) is 1. The minimum atomic E-state index is -0.613. The van der Waals surface area contributed by atoms with Crippen LogP contribution in [0.3, 0.4) is 0 Å². The summed E-state index contributed by atoms with van der Waals surface area (Å²) in [5, 5.41) is 8.99. The van der Waals surface area contributed by atoms with E-state index in [1.54, 1.807) is 7.11 Å². The van der Waals surface area contributed by atoms with Gasteiger partial charge in [-0.3, -0.25) is 9.69 Å². The molecule has 0 bridgehead atoms. The number of carboxylic acid groups (broad SMARTS) is 1. The number of hydrogen-bond acceptors (Lipinski definition) is 3. The predicted octanol–water partition coefficient (Wildman–Crippen LogP) is 1.74. The zero-order chi connectivity index (χ0) is 12.3. The summed E-state index contributed by atoms with van der Waals surface area (Å²) in [5.41, 5.74) is 0. The highest BCUT2D eigenvalue weighted by Gasteiger charge is 2.34. The highest BCUT2D eigenvalue weighted by Crippen LogP contribution is 2.32. The van der Waals surface area contributed by atoms with Gasteiger partial charge >= 0.3 is 5.97 Å². The number of ether oxygens (including phenoxy) is 1. The van der Waals surface area contributed by atoms with Crippen LogP contribution in [0, 0.1) is 5.92 Å². The van der Waals surface area contributed by atoms with Gasteiger partial charge in [0.2, 0.25) is 0 Å². The van der Waals surface area contributed by atoms with E-state index in [9.17, 15) is 4.79 Å². The van der Waals surface area contributed by atoms with Crippen molar-refractivity contribution >= 4 is 5.97 Å². The molecule has 4 heteroatoms. The summed E-state index contributed by atoms with van der Waals surface area (Å²) in [5.74, 6) is -0.715. The highest BCUT2D eigenvalue weighted by atomic mass is 16.5. The third-order valence-corrected chi connectivity index (χ3v) is 4.30. The molecule has 2 rings (SSSR count). The van der Waals surface area contributed by atoms with Crippen LogP contribution in [0.1, 0.15) is 38.5 Å². The summed E-state index contributed by atoms with van der Waals surface area (Å²) < 4.78 is 5.27. The van der Waals surface area contributed by atoms with E-state index >= 15 is 0 Å². The average molecular weight is 241 g/mol. The smallest absolute Gasteiger partial charge is 0.306 e. The summed E-state index contributed by atoms with van der Waals surface area (Å²) in [6, 6.07) is 1.15. The quantitative estimate of drug-likeness (QED) is 0.814. The van der Waals surface area contributed by atoms with E-state index in [-0.39, 0.29) is 5.92 Å². The molecule has 0 aromatic rings. The van der Waals surface area contributed by atoms with Crippen LogP contribution in [0.25, 0.3) is 0 Å². The Kier molecular flexibility index (Phi) is 4.40. The van der Waals surface area contributed by atoms with Crippen molar-refractivity contribution in [2.45, 2.75) is 50.6 Å². The fourth-order valence-corrected chi connectivity index (χ4v) is 3.36. The Balaban J connectivity index is 1.85. The molecule has 1 aliphatic heterocycles. The zero-order valence-corrected chi connectivity index (χ0v) is 10.6. The average Bonchev–Trinajstić information content (AvgIpc) is 2.78. The third kappa shape index (κ3) is 2.99. The van der Waals surface area contributed by atoms with Crippen LogP contribution in [-0.4, -0.2) is 48.3 Å². The van der Waals surface area contributed by atoms with Crippen molar-refractivity contribution < 1.29 is 14.6 Å². The van der Waals surface area contributed by atoms with Gasteiger partial charge in [-0.1, -0.05) is 0 Å². The second kappa shape index (κ2) is 5.83. The maximum Gasteiger partial charge on any atom is 0.306 e. The Bertz CT molecular complexity index is 261. The molecule has 0 radical (unpaired) electrons. The molecule has 2 fully saturated rings. The minimum absolute atomic E-state index is 0.102.